The molecule has 0 saturated carbocycles. The molecule has 0 aliphatic heterocycles. The molecule has 3 amide bonds. The molecule has 12 N–H and O–H groups in total. The number of nitrogens with two attached hydrogens (primary N) is 3. The fraction of sp³-hybridized carbons (Fsp3) is 0.448. The number of aliphatic imine (C=N–C) groups is 1. The summed E-state index contributed by atoms with van der Waals surface area (Å²) in [7, 11) is 0. The summed E-state index contributed by atoms with van der Waals surface area (Å²) in [6.45, 7) is 3.94. The van der Waals surface area contributed by atoms with Crippen LogP contribution in [0.4, 0.5) is 0 Å². The van der Waals surface area contributed by atoms with Crippen LogP contribution in [0.25, 0.3) is 10.9 Å². The van der Waals surface area contributed by atoms with Gasteiger partial charge in [-0.3, -0.25) is 19.4 Å². The summed E-state index contributed by atoms with van der Waals surface area (Å²) in [4.78, 5) is 65.9. The van der Waals surface area contributed by atoms with E-state index in [0.29, 0.717) is 12.1 Å². The molecule has 4 unspecified atom stereocenters. The zero-order valence-corrected chi connectivity index (χ0v) is 24.9. The van der Waals surface area contributed by atoms with E-state index in [-0.39, 0.29) is 44.1 Å². The molecular formula is C29H42N10O5. The third-order valence-electron chi connectivity index (χ3n) is 6.96. The first-order valence-electron chi connectivity index (χ1n) is 14.4. The number of aromatic nitrogens is 3. The van der Waals surface area contributed by atoms with Crippen molar-refractivity contribution in [2.45, 2.75) is 70.1 Å². The summed E-state index contributed by atoms with van der Waals surface area (Å²) >= 11 is 0. The van der Waals surface area contributed by atoms with Crippen molar-refractivity contribution in [3.8, 4) is 0 Å². The van der Waals surface area contributed by atoms with Gasteiger partial charge in [-0.15, -0.1) is 0 Å². The maximum absolute atomic E-state index is 13.7. The Morgan fingerprint density at radius 1 is 0.955 bits per heavy atom. The topological polar surface area (TPSA) is 259 Å². The highest BCUT2D eigenvalue weighted by Crippen LogP contribution is 2.19. The lowest BCUT2D eigenvalue weighted by atomic mass is 10.00. The number of rotatable bonds is 17. The lowest BCUT2D eigenvalue weighted by Crippen LogP contribution is -2.58. The Kier molecular flexibility index (Phi) is 12.3. The number of H-pyrrole nitrogens is 2. The van der Waals surface area contributed by atoms with Gasteiger partial charge >= 0.3 is 5.97 Å². The number of nitrogens with zero attached hydrogens (tertiary/aromatic N) is 2. The molecule has 15 nitrogen and oxygen atoms in total. The minimum Gasteiger partial charge on any atom is -0.480 e. The van der Waals surface area contributed by atoms with Crippen LogP contribution in [-0.2, 0) is 32.0 Å². The lowest BCUT2D eigenvalue weighted by molar-refractivity contribution is -0.142. The molecule has 238 valence electrons. The highest BCUT2D eigenvalue weighted by molar-refractivity contribution is 5.95. The van der Waals surface area contributed by atoms with E-state index in [1.165, 1.54) is 6.33 Å². The molecule has 0 bridgehead atoms. The second kappa shape index (κ2) is 16.1. The summed E-state index contributed by atoms with van der Waals surface area (Å²) in [5, 5.41) is 18.6. The molecule has 2 aromatic heterocycles. The van der Waals surface area contributed by atoms with Crippen LogP contribution < -0.4 is 33.2 Å². The molecule has 3 rings (SSSR count). The lowest BCUT2D eigenvalue weighted by Gasteiger charge is -2.26. The number of benzene rings is 1. The second-order valence-corrected chi connectivity index (χ2v) is 11.1. The van der Waals surface area contributed by atoms with Crippen LogP contribution in [0.3, 0.4) is 0 Å². The van der Waals surface area contributed by atoms with Gasteiger partial charge in [0.1, 0.15) is 18.1 Å². The van der Waals surface area contributed by atoms with Crippen LogP contribution in [0.15, 0.2) is 48.0 Å². The quantitative estimate of drug-likeness (QED) is 0.0548. The maximum Gasteiger partial charge on any atom is 0.326 e. The molecule has 15 heteroatoms. The number of nitrogens with one attached hydrogen (secondary N) is 5. The third-order valence-corrected chi connectivity index (χ3v) is 6.96. The smallest absolute Gasteiger partial charge is 0.326 e. The first-order chi connectivity index (χ1) is 20.9. The standard InChI is InChI=1S/C29H42N10O5/c1-16(2)10-23(26(41)37-22(28(43)44)8-5-9-34-29(31)32)39-27(42)24(11-17-13-35-21-7-4-3-6-19(17)21)38-25(40)20(30)12-18-14-33-15-36-18/h3-4,6-7,13-16,20,22-24,35H,5,8-12,30H2,1-2H3,(H,33,36)(H,37,41)(H,38,40)(H,39,42)(H,43,44)(H4,31,32,34). The number of aliphatic carboxylic acids is 1. The number of fused-ring (bicyclic) bond motifs is 1. The third kappa shape index (κ3) is 10.1. The van der Waals surface area contributed by atoms with Crippen LogP contribution in [0, 0.1) is 5.92 Å². The van der Waals surface area contributed by atoms with Crippen LogP contribution in [0.1, 0.15) is 44.4 Å². The van der Waals surface area contributed by atoms with Gasteiger partial charge in [0.2, 0.25) is 17.7 Å². The van der Waals surface area contributed by atoms with Gasteiger partial charge in [-0.05, 0) is 36.8 Å². The van der Waals surface area contributed by atoms with Crippen molar-refractivity contribution in [2.75, 3.05) is 6.54 Å². The normalized spacial score (nSPS) is 13.9. The molecule has 3 aromatic rings. The molecule has 0 aliphatic carbocycles. The van der Waals surface area contributed by atoms with E-state index >= 15 is 0 Å². The number of hydrogen-bond acceptors (Lipinski definition) is 7. The monoisotopic (exact) mass is 610 g/mol. The Bertz CT molecular complexity index is 1430. The van der Waals surface area contributed by atoms with Crippen LogP contribution in [0.5, 0.6) is 0 Å². The van der Waals surface area contributed by atoms with Gasteiger partial charge in [0.05, 0.1) is 12.4 Å². The molecule has 2 heterocycles. The fourth-order valence-corrected chi connectivity index (χ4v) is 4.74. The summed E-state index contributed by atoms with van der Waals surface area (Å²) < 4.78 is 0. The predicted octanol–water partition coefficient (Wildman–Crippen LogP) is -0.358. The van der Waals surface area contributed by atoms with Crippen LogP contribution in [-0.4, -0.2) is 80.4 Å². The van der Waals surface area contributed by atoms with Gasteiger partial charge in [-0.25, -0.2) is 9.78 Å². The number of hydrogen-bond donors (Lipinski definition) is 9. The Morgan fingerprint density at radius 3 is 2.30 bits per heavy atom. The van der Waals surface area contributed by atoms with E-state index in [9.17, 15) is 24.3 Å². The first kappa shape index (κ1) is 33.6. The Labute approximate surface area is 254 Å². The number of para-hydroxylation sites is 1. The first-order valence-corrected chi connectivity index (χ1v) is 14.4. The molecule has 0 aliphatic rings. The number of imidazole rings is 1. The molecule has 0 fully saturated rings. The fourth-order valence-electron chi connectivity index (χ4n) is 4.74. The van der Waals surface area contributed by atoms with Crippen LogP contribution in [0.2, 0.25) is 0 Å². The van der Waals surface area contributed by atoms with E-state index in [1.807, 2.05) is 38.1 Å². The molecule has 0 radical (unpaired) electrons. The van der Waals surface area contributed by atoms with E-state index in [4.69, 9.17) is 17.2 Å². The molecule has 1 aromatic carbocycles. The largest absolute Gasteiger partial charge is 0.480 e. The number of aromatic amines is 2. The Hall–Kier alpha value is -4.92. The molecule has 4 atom stereocenters. The van der Waals surface area contributed by atoms with Gasteiger partial charge in [0, 0.05) is 48.4 Å². The summed E-state index contributed by atoms with van der Waals surface area (Å²) in [5.74, 6) is -3.20. The highest BCUT2D eigenvalue weighted by atomic mass is 16.4. The molecule has 0 spiro atoms. The van der Waals surface area contributed by atoms with Gasteiger partial charge in [-0.2, -0.15) is 0 Å². The Balaban J connectivity index is 1.78. The number of carbonyl (C=O) groups excluding carboxylic acids is 3. The molecule has 44 heavy (non-hydrogen) atoms. The zero-order valence-electron chi connectivity index (χ0n) is 24.9. The van der Waals surface area contributed by atoms with Crippen molar-refractivity contribution in [3.63, 3.8) is 0 Å². The number of amides is 3. The van der Waals surface area contributed by atoms with Gasteiger partial charge in [-0.1, -0.05) is 32.0 Å². The maximum atomic E-state index is 13.7. The highest BCUT2D eigenvalue weighted by Gasteiger charge is 2.31. The number of carbonyl (C=O) groups is 4. The summed E-state index contributed by atoms with van der Waals surface area (Å²) in [6, 6.07) is 3.19. The molecule has 0 saturated heterocycles. The van der Waals surface area contributed by atoms with Gasteiger partial charge in [0.25, 0.3) is 0 Å². The number of guanidine groups is 1. The number of carboxylic acid groups (broad SMARTS) is 1. The minimum absolute atomic E-state index is 0.0271. The average molecular weight is 611 g/mol. The summed E-state index contributed by atoms with van der Waals surface area (Å²) in [5.41, 5.74) is 19.1. The van der Waals surface area contributed by atoms with Gasteiger partial charge in [0.15, 0.2) is 5.96 Å². The van der Waals surface area contributed by atoms with E-state index < -0.39 is 47.9 Å². The Morgan fingerprint density at radius 2 is 1.64 bits per heavy atom. The van der Waals surface area contributed by atoms with Gasteiger partial charge < -0.3 is 48.2 Å². The van der Waals surface area contributed by atoms with Crippen molar-refractivity contribution in [2.24, 2.45) is 28.1 Å². The SMILES string of the molecule is CC(C)CC(NC(=O)C(Cc1c[nH]c2ccccc12)NC(=O)C(N)Cc1cnc[nH]1)C(=O)NC(CCCN=C(N)N)C(=O)O. The van der Waals surface area contributed by atoms with Crippen molar-refractivity contribution in [3.05, 3.63) is 54.2 Å². The van der Waals surface area contributed by atoms with Crippen molar-refractivity contribution in [1.29, 1.82) is 0 Å². The zero-order chi connectivity index (χ0) is 32.2. The van der Waals surface area contributed by atoms with E-state index in [2.05, 4.69) is 35.9 Å². The van der Waals surface area contributed by atoms with Crippen molar-refractivity contribution >= 4 is 40.6 Å². The van der Waals surface area contributed by atoms with E-state index in [1.54, 1.807) is 12.4 Å². The predicted molar refractivity (Wildman–Crippen MR) is 165 cm³/mol. The second-order valence-electron chi connectivity index (χ2n) is 11.1. The summed E-state index contributed by atoms with van der Waals surface area (Å²) in [6.07, 6.45) is 5.70. The van der Waals surface area contributed by atoms with Crippen LogP contribution >= 0.6 is 0 Å². The molecular weight excluding hydrogens is 568 g/mol. The average Bonchev–Trinajstić information content (AvgIpc) is 3.63. The number of carboxylic acids is 1. The van der Waals surface area contributed by atoms with Crippen molar-refractivity contribution in [1.82, 2.24) is 30.9 Å². The van der Waals surface area contributed by atoms with E-state index in [0.717, 1.165) is 16.5 Å². The minimum atomic E-state index is -1.23. The van der Waals surface area contributed by atoms with Crippen molar-refractivity contribution < 1.29 is 24.3 Å².